The van der Waals surface area contributed by atoms with E-state index in [9.17, 15) is 14.4 Å². The number of hydrogen-bond acceptors (Lipinski definition) is 4. The lowest BCUT2D eigenvalue weighted by molar-refractivity contribution is -0.115. The molecule has 0 fully saturated rings. The molecule has 0 saturated carbocycles. The monoisotopic (exact) mass is 336 g/mol. The third-order valence-corrected chi connectivity index (χ3v) is 3.94. The summed E-state index contributed by atoms with van der Waals surface area (Å²) in [5, 5.41) is 0. The van der Waals surface area contributed by atoms with Crippen LogP contribution in [0.1, 0.15) is 21.5 Å². The van der Waals surface area contributed by atoms with Gasteiger partial charge in [0.1, 0.15) is 0 Å². The number of benzene rings is 2. The Morgan fingerprint density at radius 3 is 2.64 bits per heavy atom. The van der Waals surface area contributed by atoms with E-state index in [-0.39, 0.29) is 18.0 Å². The summed E-state index contributed by atoms with van der Waals surface area (Å²) in [5.74, 6) is -1.42. The lowest BCUT2D eigenvalue weighted by Gasteiger charge is -2.17. The molecule has 0 radical (unpaired) electrons. The first-order chi connectivity index (χ1) is 12.0. The number of ether oxygens (including phenoxy) is 1. The number of carbonyl (C=O) groups excluding carboxylic acids is 3. The fraction of sp³-hybridized carbons (Fsp3) is 0.105. The van der Waals surface area contributed by atoms with E-state index < -0.39 is 11.9 Å². The summed E-state index contributed by atoms with van der Waals surface area (Å²) >= 11 is 0. The van der Waals surface area contributed by atoms with Crippen LogP contribution in [0.3, 0.4) is 0 Å². The van der Waals surface area contributed by atoms with Crippen molar-refractivity contribution >= 4 is 29.0 Å². The maximum atomic E-state index is 12.7. The van der Waals surface area contributed by atoms with Crippen molar-refractivity contribution in [1.82, 2.24) is 0 Å². The van der Waals surface area contributed by atoms with E-state index in [2.05, 4.69) is 0 Å². The predicted octanol–water partition coefficient (Wildman–Crippen LogP) is 1.89. The molecule has 2 N–H and O–H groups in total. The van der Waals surface area contributed by atoms with Crippen molar-refractivity contribution < 1.29 is 19.1 Å². The molecule has 2 amide bonds. The number of nitrogens with zero attached hydrogens (tertiary/aromatic N) is 1. The van der Waals surface area contributed by atoms with Gasteiger partial charge in [0, 0.05) is 11.6 Å². The fourth-order valence-corrected chi connectivity index (χ4v) is 2.84. The normalized spacial score (nSPS) is 14.5. The van der Waals surface area contributed by atoms with Crippen molar-refractivity contribution in [1.29, 1.82) is 0 Å². The Balaban J connectivity index is 1.97. The second-order valence-electron chi connectivity index (χ2n) is 5.56. The van der Waals surface area contributed by atoms with Crippen LogP contribution in [-0.4, -0.2) is 24.9 Å². The second-order valence-corrected chi connectivity index (χ2v) is 5.56. The third-order valence-electron chi connectivity index (χ3n) is 3.94. The number of fused-ring (bicyclic) bond motifs is 1. The number of para-hydroxylation sites is 1. The number of rotatable bonds is 4. The largest absolute Gasteiger partial charge is 0.465 e. The quantitative estimate of drug-likeness (QED) is 0.682. The van der Waals surface area contributed by atoms with Crippen LogP contribution in [0.25, 0.3) is 5.57 Å². The molecular formula is C19H16N2O4. The van der Waals surface area contributed by atoms with E-state index in [0.717, 1.165) is 11.6 Å². The Morgan fingerprint density at radius 1 is 1.16 bits per heavy atom. The van der Waals surface area contributed by atoms with Gasteiger partial charge < -0.3 is 15.4 Å². The van der Waals surface area contributed by atoms with Crippen LogP contribution in [0.2, 0.25) is 0 Å². The van der Waals surface area contributed by atoms with Crippen molar-refractivity contribution in [3.05, 3.63) is 71.3 Å². The summed E-state index contributed by atoms with van der Waals surface area (Å²) in [6, 6.07) is 14.1. The Hall–Kier alpha value is -3.41. The number of esters is 1. The van der Waals surface area contributed by atoms with E-state index in [1.54, 1.807) is 41.3 Å². The topological polar surface area (TPSA) is 89.7 Å². The zero-order chi connectivity index (χ0) is 18.0. The summed E-state index contributed by atoms with van der Waals surface area (Å²) in [6.45, 7) is 0.261. The molecule has 0 atom stereocenters. The molecule has 0 bridgehead atoms. The zero-order valence-electron chi connectivity index (χ0n) is 13.6. The minimum Gasteiger partial charge on any atom is -0.465 e. The highest BCUT2D eigenvalue weighted by Crippen LogP contribution is 2.37. The van der Waals surface area contributed by atoms with Crippen LogP contribution < -0.4 is 10.6 Å². The Kier molecular flexibility index (Phi) is 4.35. The number of anilines is 1. The van der Waals surface area contributed by atoms with Gasteiger partial charge in [-0.05, 0) is 23.8 Å². The number of amides is 2. The lowest BCUT2D eigenvalue weighted by Crippen LogP contribution is -2.26. The van der Waals surface area contributed by atoms with Crippen molar-refractivity contribution in [3.63, 3.8) is 0 Å². The molecule has 2 aromatic rings. The Labute approximate surface area is 144 Å². The number of methoxy groups -OCH3 is 1. The average molecular weight is 336 g/mol. The molecule has 0 spiro atoms. The van der Waals surface area contributed by atoms with Gasteiger partial charge in [0.05, 0.1) is 30.5 Å². The van der Waals surface area contributed by atoms with Gasteiger partial charge in [0.15, 0.2) is 0 Å². The summed E-state index contributed by atoms with van der Waals surface area (Å²) in [5.41, 5.74) is 8.03. The van der Waals surface area contributed by atoms with Crippen LogP contribution in [0.4, 0.5) is 5.69 Å². The lowest BCUT2D eigenvalue weighted by atomic mass is 10.1. The van der Waals surface area contributed by atoms with Crippen molar-refractivity contribution in [2.45, 2.75) is 6.54 Å². The van der Waals surface area contributed by atoms with E-state index in [0.29, 0.717) is 16.8 Å². The first kappa shape index (κ1) is 16.4. The maximum Gasteiger partial charge on any atom is 0.337 e. The predicted molar refractivity (Wildman–Crippen MR) is 92.6 cm³/mol. The van der Waals surface area contributed by atoms with Gasteiger partial charge in [-0.25, -0.2) is 4.79 Å². The minimum atomic E-state index is -0.673. The standard InChI is InChI=1S/C19H16N2O4/c1-25-19(24)13-6-4-5-12(9-13)11-21-16-8-3-2-7-14(16)15(18(21)23)10-17(20)22/h2-10H,11H2,1H3,(H2,20,22)/b15-10+. The third kappa shape index (κ3) is 3.14. The summed E-state index contributed by atoms with van der Waals surface area (Å²) < 4.78 is 4.72. The number of carbonyl (C=O) groups is 3. The highest BCUT2D eigenvalue weighted by Gasteiger charge is 2.32. The maximum absolute atomic E-state index is 12.7. The van der Waals surface area contributed by atoms with Crippen LogP contribution in [-0.2, 0) is 20.9 Å². The van der Waals surface area contributed by atoms with Crippen LogP contribution in [0, 0.1) is 0 Å². The number of nitrogens with two attached hydrogens (primary N) is 1. The molecule has 0 saturated heterocycles. The SMILES string of the molecule is COC(=O)c1cccc(CN2C(=O)/C(=C/C(N)=O)c3ccccc32)c1. The summed E-state index contributed by atoms with van der Waals surface area (Å²) in [4.78, 5) is 37.2. The van der Waals surface area contributed by atoms with Crippen molar-refractivity contribution in [2.24, 2.45) is 5.73 Å². The molecular weight excluding hydrogens is 320 g/mol. The second kappa shape index (κ2) is 6.60. The van der Waals surface area contributed by atoms with Crippen LogP contribution >= 0.6 is 0 Å². The number of primary amides is 1. The van der Waals surface area contributed by atoms with Gasteiger partial charge in [-0.1, -0.05) is 30.3 Å². The first-order valence-corrected chi connectivity index (χ1v) is 7.61. The molecule has 2 aromatic carbocycles. The molecule has 3 rings (SSSR count). The summed E-state index contributed by atoms with van der Waals surface area (Å²) in [6.07, 6.45) is 1.14. The molecule has 0 aliphatic carbocycles. The molecule has 6 heteroatoms. The molecule has 1 aliphatic heterocycles. The molecule has 6 nitrogen and oxygen atoms in total. The van der Waals surface area contributed by atoms with Gasteiger partial charge in [0.25, 0.3) is 5.91 Å². The summed E-state index contributed by atoms with van der Waals surface area (Å²) in [7, 11) is 1.32. The molecule has 0 aromatic heterocycles. The van der Waals surface area contributed by atoms with Gasteiger partial charge >= 0.3 is 5.97 Å². The van der Waals surface area contributed by atoms with E-state index in [1.165, 1.54) is 7.11 Å². The highest BCUT2D eigenvalue weighted by molar-refractivity contribution is 6.34. The van der Waals surface area contributed by atoms with E-state index in [1.807, 2.05) is 12.1 Å². The van der Waals surface area contributed by atoms with Gasteiger partial charge in [0.2, 0.25) is 5.91 Å². The Morgan fingerprint density at radius 2 is 1.92 bits per heavy atom. The van der Waals surface area contributed by atoms with E-state index >= 15 is 0 Å². The van der Waals surface area contributed by atoms with Crippen molar-refractivity contribution in [3.8, 4) is 0 Å². The Bertz CT molecular complexity index is 902. The van der Waals surface area contributed by atoms with Crippen LogP contribution in [0.5, 0.6) is 0 Å². The van der Waals surface area contributed by atoms with Gasteiger partial charge in [-0.2, -0.15) is 0 Å². The molecule has 0 unspecified atom stereocenters. The molecule has 1 aliphatic rings. The zero-order valence-corrected chi connectivity index (χ0v) is 13.6. The fourth-order valence-electron chi connectivity index (χ4n) is 2.84. The molecule has 126 valence electrons. The molecule has 25 heavy (non-hydrogen) atoms. The smallest absolute Gasteiger partial charge is 0.337 e. The van der Waals surface area contributed by atoms with Crippen molar-refractivity contribution in [2.75, 3.05) is 12.0 Å². The molecule has 1 heterocycles. The van der Waals surface area contributed by atoms with Crippen LogP contribution in [0.15, 0.2) is 54.6 Å². The number of hydrogen-bond donors (Lipinski definition) is 1. The minimum absolute atomic E-state index is 0.261. The first-order valence-electron chi connectivity index (χ1n) is 7.61. The van der Waals surface area contributed by atoms with E-state index in [4.69, 9.17) is 10.5 Å². The highest BCUT2D eigenvalue weighted by atomic mass is 16.5. The average Bonchev–Trinajstić information content (AvgIpc) is 2.87. The van der Waals surface area contributed by atoms with Gasteiger partial charge in [-0.3, -0.25) is 9.59 Å². The van der Waals surface area contributed by atoms with Gasteiger partial charge in [-0.15, -0.1) is 0 Å².